The molecule has 0 fully saturated rings. The number of hydrogen-bond acceptors (Lipinski definition) is 2. The summed E-state index contributed by atoms with van der Waals surface area (Å²) >= 11 is 0. The lowest BCUT2D eigenvalue weighted by Gasteiger charge is -2.17. The molecule has 80 valence electrons. The van der Waals surface area contributed by atoms with Gasteiger partial charge in [0.1, 0.15) is 5.75 Å². The molecule has 1 aliphatic carbocycles. The quantitative estimate of drug-likeness (QED) is 0.802. The fraction of sp³-hybridized carbons (Fsp3) is 0.385. The number of rotatable bonds is 2. The number of aliphatic hydroxyl groups excluding tert-OH is 1. The van der Waals surface area contributed by atoms with Crippen LogP contribution in [-0.4, -0.2) is 18.3 Å². The van der Waals surface area contributed by atoms with Crippen LogP contribution in [0.4, 0.5) is 0 Å². The Bertz CT molecular complexity index is 369. The molecule has 1 N–H and O–H groups in total. The van der Waals surface area contributed by atoms with Crippen LogP contribution < -0.4 is 4.74 Å². The van der Waals surface area contributed by atoms with Gasteiger partial charge in [-0.05, 0) is 42.5 Å². The molecule has 1 aliphatic rings. The van der Waals surface area contributed by atoms with Crippen LogP contribution in [0.2, 0.25) is 0 Å². The van der Waals surface area contributed by atoms with E-state index in [1.165, 1.54) is 11.1 Å². The third kappa shape index (κ3) is 2.39. The van der Waals surface area contributed by atoms with E-state index in [-0.39, 0.29) is 6.10 Å². The molecule has 0 saturated carbocycles. The van der Waals surface area contributed by atoms with Gasteiger partial charge in [-0.2, -0.15) is 0 Å². The van der Waals surface area contributed by atoms with Crippen LogP contribution in [0, 0.1) is 0 Å². The van der Waals surface area contributed by atoms with Gasteiger partial charge in [0.2, 0.25) is 0 Å². The van der Waals surface area contributed by atoms with E-state index in [0.29, 0.717) is 0 Å². The maximum Gasteiger partial charge on any atom is 0.119 e. The van der Waals surface area contributed by atoms with E-state index in [9.17, 15) is 5.11 Å². The van der Waals surface area contributed by atoms with Crippen molar-refractivity contribution in [1.82, 2.24) is 0 Å². The third-order valence-corrected chi connectivity index (χ3v) is 2.82. The van der Waals surface area contributed by atoms with E-state index in [4.69, 9.17) is 4.74 Å². The average molecular weight is 204 g/mol. The molecule has 0 aromatic heterocycles. The highest BCUT2D eigenvalue weighted by atomic mass is 16.5. The van der Waals surface area contributed by atoms with Gasteiger partial charge in [0.05, 0.1) is 13.2 Å². The summed E-state index contributed by atoms with van der Waals surface area (Å²) in [6, 6.07) is 8.08. The van der Waals surface area contributed by atoms with Crippen molar-refractivity contribution in [1.29, 1.82) is 0 Å². The Morgan fingerprint density at radius 3 is 2.93 bits per heavy atom. The molecule has 2 rings (SSSR count). The lowest BCUT2D eigenvalue weighted by atomic mass is 9.92. The van der Waals surface area contributed by atoms with Crippen molar-refractivity contribution in [2.45, 2.75) is 25.4 Å². The van der Waals surface area contributed by atoms with Crippen molar-refractivity contribution in [2.24, 2.45) is 0 Å². The van der Waals surface area contributed by atoms with Gasteiger partial charge in [-0.15, -0.1) is 0 Å². The summed E-state index contributed by atoms with van der Waals surface area (Å²) in [5.41, 5.74) is 2.53. The second kappa shape index (κ2) is 4.49. The Morgan fingerprint density at radius 2 is 2.27 bits per heavy atom. The molecule has 1 aromatic carbocycles. The van der Waals surface area contributed by atoms with E-state index < -0.39 is 0 Å². The number of benzene rings is 1. The van der Waals surface area contributed by atoms with Gasteiger partial charge in [-0.3, -0.25) is 0 Å². The predicted octanol–water partition coefficient (Wildman–Crippen LogP) is 2.62. The van der Waals surface area contributed by atoms with Crippen LogP contribution in [0.25, 0.3) is 5.57 Å². The SMILES string of the molecule is COc1cccc(C2=CCC(O)CC2)c1. The van der Waals surface area contributed by atoms with Crippen LogP contribution in [-0.2, 0) is 0 Å². The normalized spacial score (nSPS) is 20.9. The molecular weight excluding hydrogens is 188 g/mol. The zero-order valence-electron chi connectivity index (χ0n) is 8.94. The maximum atomic E-state index is 9.41. The number of methoxy groups -OCH3 is 1. The standard InChI is InChI=1S/C13H16O2/c1-15-13-4-2-3-11(9-13)10-5-7-12(14)8-6-10/h2-5,9,12,14H,6-8H2,1H3. The molecule has 0 heterocycles. The summed E-state index contributed by atoms with van der Waals surface area (Å²) in [6.07, 6.45) is 4.56. The third-order valence-electron chi connectivity index (χ3n) is 2.82. The van der Waals surface area contributed by atoms with E-state index in [2.05, 4.69) is 12.1 Å². The molecule has 0 aliphatic heterocycles. The number of allylic oxidation sites excluding steroid dienone is 1. The summed E-state index contributed by atoms with van der Waals surface area (Å²) in [7, 11) is 1.68. The van der Waals surface area contributed by atoms with E-state index >= 15 is 0 Å². The van der Waals surface area contributed by atoms with Crippen molar-refractivity contribution in [3.8, 4) is 5.75 Å². The maximum absolute atomic E-state index is 9.41. The molecule has 1 unspecified atom stereocenters. The monoisotopic (exact) mass is 204 g/mol. The average Bonchev–Trinajstić information content (AvgIpc) is 2.30. The highest BCUT2D eigenvalue weighted by Gasteiger charge is 2.12. The van der Waals surface area contributed by atoms with Crippen LogP contribution in [0.15, 0.2) is 30.3 Å². The van der Waals surface area contributed by atoms with Gasteiger partial charge in [-0.1, -0.05) is 18.2 Å². The Balaban J connectivity index is 2.22. The zero-order valence-corrected chi connectivity index (χ0v) is 8.94. The number of aliphatic hydroxyl groups is 1. The first kappa shape index (κ1) is 10.2. The van der Waals surface area contributed by atoms with Crippen LogP contribution >= 0.6 is 0 Å². The molecule has 2 heteroatoms. The smallest absolute Gasteiger partial charge is 0.119 e. The number of hydrogen-bond donors (Lipinski definition) is 1. The van der Waals surface area contributed by atoms with E-state index in [1.807, 2.05) is 18.2 Å². The molecule has 15 heavy (non-hydrogen) atoms. The fourth-order valence-corrected chi connectivity index (χ4v) is 1.91. The summed E-state index contributed by atoms with van der Waals surface area (Å²) in [4.78, 5) is 0. The highest BCUT2D eigenvalue weighted by molar-refractivity contribution is 5.67. The van der Waals surface area contributed by atoms with E-state index in [1.54, 1.807) is 7.11 Å². The van der Waals surface area contributed by atoms with Crippen molar-refractivity contribution in [3.05, 3.63) is 35.9 Å². The molecule has 0 amide bonds. The van der Waals surface area contributed by atoms with E-state index in [0.717, 1.165) is 25.0 Å². The Kier molecular flexibility index (Phi) is 3.07. The Hall–Kier alpha value is -1.28. The first-order chi connectivity index (χ1) is 7.29. The second-order valence-electron chi connectivity index (χ2n) is 3.89. The summed E-state index contributed by atoms with van der Waals surface area (Å²) < 4.78 is 5.19. The highest BCUT2D eigenvalue weighted by Crippen LogP contribution is 2.28. The summed E-state index contributed by atoms with van der Waals surface area (Å²) in [6.45, 7) is 0. The lowest BCUT2D eigenvalue weighted by molar-refractivity contribution is 0.166. The zero-order chi connectivity index (χ0) is 10.7. The minimum atomic E-state index is -0.153. The molecule has 1 aromatic rings. The van der Waals surface area contributed by atoms with Crippen LogP contribution in [0.5, 0.6) is 5.75 Å². The van der Waals surface area contributed by atoms with Gasteiger partial charge in [0.25, 0.3) is 0 Å². The molecule has 0 radical (unpaired) electrons. The van der Waals surface area contributed by atoms with Crippen molar-refractivity contribution >= 4 is 5.57 Å². The fourth-order valence-electron chi connectivity index (χ4n) is 1.91. The molecule has 2 nitrogen and oxygen atoms in total. The van der Waals surface area contributed by atoms with Crippen LogP contribution in [0.3, 0.4) is 0 Å². The van der Waals surface area contributed by atoms with Crippen molar-refractivity contribution < 1.29 is 9.84 Å². The van der Waals surface area contributed by atoms with Crippen molar-refractivity contribution in [2.75, 3.05) is 7.11 Å². The molecule has 0 bridgehead atoms. The molecule has 0 saturated heterocycles. The van der Waals surface area contributed by atoms with Gasteiger partial charge < -0.3 is 9.84 Å². The largest absolute Gasteiger partial charge is 0.497 e. The first-order valence-corrected chi connectivity index (χ1v) is 5.31. The summed E-state index contributed by atoms with van der Waals surface area (Å²) in [5, 5.41) is 9.41. The molecular formula is C13H16O2. The second-order valence-corrected chi connectivity index (χ2v) is 3.89. The topological polar surface area (TPSA) is 29.5 Å². The van der Waals surface area contributed by atoms with Crippen LogP contribution in [0.1, 0.15) is 24.8 Å². The minimum absolute atomic E-state index is 0.153. The van der Waals surface area contributed by atoms with Gasteiger partial charge >= 0.3 is 0 Å². The van der Waals surface area contributed by atoms with Crippen molar-refractivity contribution in [3.63, 3.8) is 0 Å². The lowest BCUT2D eigenvalue weighted by Crippen LogP contribution is -2.09. The van der Waals surface area contributed by atoms with Gasteiger partial charge in [0, 0.05) is 0 Å². The Morgan fingerprint density at radius 1 is 1.40 bits per heavy atom. The predicted molar refractivity (Wildman–Crippen MR) is 60.8 cm³/mol. The molecule has 0 spiro atoms. The van der Waals surface area contributed by atoms with Gasteiger partial charge in [-0.25, -0.2) is 0 Å². The molecule has 1 atom stereocenters. The number of ether oxygens (including phenoxy) is 1. The van der Waals surface area contributed by atoms with Gasteiger partial charge in [0.15, 0.2) is 0 Å². The summed E-state index contributed by atoms with van der Waals surface area (Å²) in [5.74, 6) is 0.888. The first-order valence-electron chi connectivity index (χ1n) is 5.31. The Labute approximate surface area is 90.2 Å². The minimum Gasteiger partial charge on any atom is -0.497 e.